The molecule has 2 aromatic heterocycles. The maximum atomic E-state index is 15.9. The van der Waals surface area contributed by atoms with E-state index >= 15 is 4.39 Å². The van der Waals surface area contributed by atoms with Crippen LogP contribution < -0.4 is 15.5 Å². The van der Waals surface area contributed by atoms with Gasteiger partial charge in [0.1, 0.15) is 16.9 Å². The van der Waals surface area contributed by atoms with Crippen LogP contribution in [0, 0.1) is 5.82 Å². The van der Waals surface area contributed by atoms with Crippen molar-refractivity contribution in [1.29, 1.82) is 0 Å². The number of nitrogens with zero attached hydrogens (tertiary/aromatic N) is 4. The second-order valence-corrected chi connectivity index (χ2v) is 12.3. The average Bonchev–Trinajstić information content (AvgIpc) is 3.50. The van der Waals surface area contributed by atoms with Crippen LogP contribution in [0.25, 0.3) is 27.4 Å². The Bertz CT molecular complexity index is 1950. The zero-order chi connectivity index (χ0) is 30.2. The molecule has 0 bridgehead atoms. The number of nitrogens with one attached hydrogen (secondary N) is 1. The Labute approximate surface area is 258 Å². The Morgan fingerprint density at radius 3 is 2.82 bits per heavy atom. The van der Waals surface area contributed by atoms with Crippen LogP contribution in [0.1, 0.15) is 42.2 Å². The lowest BCUT2D eigenvalue weighted by Gasteiger charge is -2.26. The van der Waals surface area contributed by atoms with E-state index in [4.69, 9.17) is 4.74 Å². The second-order valence-electron chi connectivity index (χ2n) is 11.2. The van der Waals surface area contributed by atoms with E-state index < -0.39 is 17.2 Å². The Kier molecular flexibility index (Phi) is 7.78. The van der Waals surface area contributed by atoms with Crippen LogP contribution in [-0.2, 0) is 6.42 Å². The predicted molar refractivity (Wildman–Crippen MR) is 171 cm³/mol. The lowest BCUT2D eigenvalue weighted by molar-refractivity contribution is 0.0948. The number of ether oxygens (including phenoxy) is 1. The number of hydrogen-bond donors (Lipinski definition) is 1. The summed E-state index contributed by atoms with van der Waals surface area (Å²) < 4.78 is 24.1. The first-order valence-electron chi connectivity index (χ1n) is 15.0. The van der Waals surface area contributed by atoms with Gasteiger partial charge < -0.3 is 19.5 Å². The second kappa shape index (κ2) is 12.0. The SMILES string of the molecule is CCN1CCCC1CCNC(=O)c1cn2c3c(c(SCCc4cnccn4)c(F)cc3c1=O)Oc1cc3ccccc3cc1-2. The summed E-state index contributed by atoms with van der Waals surface area (Å²) >= 11 is 1.30. The van der Waals surface area contributed by atoms with Crippen molar-refractivity contribution in [3.05, 3.63) is 94.5 Å². The minimum Gasteiger partial charge on any atom is -0.452 e. The lowest BCUT2D eigenvalue weighted by atomic mass is 10.0. The van der Waals surface area contributed by atoms with Crippen molar-refractivity contribution in [1.82, 2.24) is 24.8 Å². The van der Waals surface area contributed by atoms with Crippen molar-refractivity contribution in [2.45, 2.75) is 43.5 Å². The van der Waals surface area contributed by atoms with Gasteiger partial charge in [0.2, 0.25) is 5.43 Å². The molecule has 1 unspecified atom stereocenters. The number of benzene rings is 3. The number of rotatable bonds is 9. The first kappa shape index (κ1) is 28.5. The highest BCUT2D eigenvalue weighted by atomic mass is 32.2. The molecule has 3 aromatic carbocycles. The number of pyridine rings is 1. The number of carbonyl (C=O) groups is 1. The summed E-state index contributed by atoms with van der Waals surface area (Å²) in [6, 6.07) is 13.5. The molecule has 1 atom stereocenters. The molecule has 0 saturated carbocycles. The van der Waals surface area contributed by atoms with E-state index in [1.165, 1.54) is 17.8 Å². The van der Waals surface area contributed by atoms with Gasteiger partial charge in [0.15, 0.2) is 11.5 Å². The molecule has 0 spiro atoms. The van der Waals surface area contributed by atoms with Gasteiger partial charge in [0.05, 0.1) is 21.7 Å². The third-order valence-electron chi connectivity index (χ3n) is 8.59. The third-order valence-corrected chi connectivity index (χ3v) is 9.66. The van der Waals surface area contributed by atoms with Gasteiger partial charge >= 0.3 is 0 Å². The van der Waals surface area contributed by atoms with Crippen LogP contribution in [0.3, 0.4) is 0 Å². The van der Waals surface area contributed by atoms with E-state index in [9.17, 15) is 9.59 Å². The number of amides is 1. The molecule has 1 N–H and O–H groups in total. The maximum absolute atomic E-state index is 15.9. The Hall–Kier alpha value is -4.28. The van der Waals surface area contributed by atoms with Gasteiger partial charge in [0.25, 0.3) is 5.91 Å². The van der Waals surface area contributed by atoms with Gasteiger partial charge in [0, 0.05) is 49.5 Å². The number of aromatic nitrogens is 3. The number of carbonyl (C=O) groups excluding carboxylic acids is 1. The molecule has 2 aliphatic heterocycles. The van der Waals surface area contributed by atoms with Gasteiger partial charge in [-0.25, -0.2) is 4.39 Å². The zero-order valence-electron chi connectivity index (χ0n) is 24.4. The molecule has 10 heteroatoms. The molecule has 224 valence electrons. The lowest BCUT2D eigenvalue weighted by Crippen LogP contribution is -2.35. The van der Waals surface area contributed by atoms with Gasteiger partial charge in [-0.1, -0.05) is 31.2 Å². The van der Waals surface area contributed by atoms with Gasteiger partial charge in [-0.15, -0.1) is 11.8 Å². The first-order chi connectivity index (χ1) is 21.5. The minimum atomic E-state index is -0.567. The summed E-state index contributed by atoms with van der Waals surface area (Å²) in [4.78, 5) is 38.4. The molecule has 5 aromatic rings. The smallest absolute Gasteiger partial charge is 0.256 e. The van der Waals surface area contributed by atoms with Crippen LogP contribution in [-0.4, -0.2) is 56.8 Å². The average molecular weight is 610 g/mol. The fourth-order valence-electron chi connectivity index (χ4n) is 6.38. The Morgan fingerprint density at radius 1 is 1.18 bits per heavy atom. The molecular formula is C34H32FN5O3S. The molecule has 0 aliphatic carbocycles. The molecule has 7 rings (SSSR count). The van der Waals surface area contributed by atoms with Crippen molar-refractivity contribution in [2.75, 3.05) is 25.4 Å². The molecule has 0 radical (unpaired) electrons. The molecule has 1 fully saturated rings. The van der Waals surface area contributed by atoms with Crippen molar-refractivity contribution in [2.24, 2.45) is 0 Å². The van der Waals surface area contributed by atoms with Crippen LogP contribution in [0.2, 0.25) is 0 Å². The predicted octanol–water partition coefficient (Wildman–Crippen LogP) is 6.12. The summed E-state index contributed by atoms with van der Waals surface area (Å²) in [6.45, 7) is 4.68. The zero-order valence-corrected chi connectivity index (χ0v) is 25.2. The highest BCUT2D eigenvalue weighted by molar-refractivity contribution is 7.99. The third kappa shape index (κ3) is 5.22. The standard InChI is InChI=1S/C34H32FN5O3S/c1-2-39-14-5-8-24(39)9-11-38-34(42)26-20-40-28-16-21-6-3-4-7-22(21)17-29(28)43-32-30(40)25(31(26)41)18-27(35)33(32)44-15-10-23-19-36-12-13-37-23/h3-4,6-7,12-13,16-20,24H,2,5,8-11,14-15H2,1H3,(H,38,42). The number of likely N-dealkylation sites (tertiary alicyclic amines) is 1. The normalized spacial score (nSPS) is 15.8. The van der Waals surface area contributed by atoms with Crippen LogP contribution in [0.15, 0.2) is 76.9 Å². The van der Waals surface area contributed by atoms with Gasteiger partial charge in [-0.2, -0.15) is 0 Å². The number of hydrogen-bond acceptors (Lipinski definition) is 7. The topological polar surface area (TPSA) is 89.4 Å². The number of fused-ring (bicyclic) bond motifs is 3. The van der Waals surface area contributed by atoms with Gasteiger partial charge in [-0.05, 0) is 61.3 Å². The van der Waals surface area contributed by atoms with E-state index in [0.29, 0.717) is 46.6 Å². The van der Waals surface area contributed by atoms with Crippen molar-refractivity contribution in [3.63, 3.8) is 0 Å². The summed E-state index contributed by atoms with van der Waals surface area (Å²) in [5.41, 5.74) is 1.39. The van der Waals surface area contributed by atoms with Gasteiger partial charge in [-0.3, -0.25) is 19.6 Å². The van der Waals surface area contributed by atoms with Crippen molar-refractivity contribution >= 4 is 39.3 Å². The summed E-state index contributed by atoms with van der Waals surface area (Å²) in [5, 5.41) is 5.02. The number of aryl methyl sites for hydroxylation is 1. The van der Waals surface area contributed by atoms with E-state index in [0.717, 1.165) is 48.8 Å². The minimum absolute atomic E-state index is 0.0225. The quantitative estimate of drug-likeness (QED) is 0.198. The van der Waals surface area contributed by atoms with Crippen LogP contribution >= 0.6 is 11.8 Å². The molecule has 44 heavy (non-hydrogen) atoms. The molecule has 2 aliphatic rings. The summed E-state index contributed by atoms with van der Waals surface area (Å²) in [6.07, 6.45) is 10.2. The van der Waals surface area contributed by atoms with E-state index in [2.05, 4.69) is 27.1 Å². The van der Waals surface area contributed by atoms with E-state index in [1.54, 1.807) is 24.8 Å². The summed E-state index contributed by atoms with van der Waals surface area (Å²) in [7, 11) is 0. The Morgan fingerprint density at radius 2 is 2.02 bits per heavy atom. The highest BCUT2D eigenvalue weighted by Gasteiger charge is 2.29. The molecule has 8 nitrogen and oxygen atoms in total. The van der Waals surface area contributed by atoms with Crippen molar-refractivity contribution < 1.29 is 13.9 Å². The largest absolute Gasteiger partial charge is 0.452 e. The maximum Gasteiger partial charge on any atom is 0.256 e. The van der Waals surface area contributed by atoms with Crippen LogP contribution in [0.4, 0.5) is 4.39 Å². The number of halogens is 1. The van der Waals surface area contributed by atoms with E-state index in [-0.39, 0.29) is 16.7 Å². The first-order valence-corrected chi connectivity index (χ1v) is 16.0. The molecule has 1 saturated heterocycles. The van der Waals surface area contributed by atoms with Crippen molar-refractivity contribution in [3.8, 4) is 17.2 Å². The Balaban J connectivity index is 1.29. The number of thioether (sulfide) groups is 1. The monoisotopic (exact) mass is 609 g/mol. The molecular weight excluding hydrogens is 577 g/mol. The molecule has 4 heterocycles. The van der Waals surface area contributed by atoms with E-state index in [1.807, 2.05) is 41.0 Å². The highest BCUT2D eigenvalue weighted by Crippen LogP contribution is 2.47. The fraction of sp³-hybridized carbons (Fsp3) is 0.294. The fourth-order valence-corrected chi connectivity index (χ4v) is 7.36. The van der Waals surface area contributed by atoms with Crippen LogP contribution in [0.5, 0.6) is 11.5 Å². The molecule has 1 amide bonds. The summed E-state index contributed by atoms with van der Waals surface area (Å²) in [5.74, 6) is 0.304.